The Morgan fingerprint density at radius 2 is 1.79 bits per heavy atom. The molecule has 5 nitrogen and oxygen atoms in total. The number of hydrogen-bond donors (Lipinski definition) is 1. The number of nitrogens with zero attached hydrogens (tertiary/aromatic N) is 2. The zero-order valence-electron chi connectivity index (χ0n) is 16.1. The molecule has 0 aromatic heterocycles. The number of anilines is 1. The van der Waals surface area contributed by atoms with E-state index in [0.29, 0.717) is 35.9 Å². The van der Waals surface area contributed by atoms with Crippen molar-refractivity contribution in [1.82, 2.24) is 4.31 Å². The second-order valence-corrected chi connectivity index (χ2v) is 9.89. The van der Waals surface area contributed by atoms with Crippen molar-refractivity contribution in [2.75, 3.05) is 24.5 Å². The lowest BCUT2D eigenvalue weighted by atomic mass is 9.99. The Morgan fingerprint density at radius 1 is 1.14 bits per heavy atom. The third-order valence-electron chi connectivity index (χ3n) is 4.98. The monoisotopic (exact) mass is 426 g/mol. The van der Waals surface area contributed by atoms with Gasteiger partial charge in [-0.1, -0.05) is 23.7 Å². The number of halogens is 2. The smallest absolute Gasteiger partial charge is 0.243 e. The molecule has 0 amide bonds. The van der Waals surface area contributed by atoms with E-state index in [2.05, 4.69) is 0 Å². The molecule has 28 heavy (non-hydrogen) atoms. The molecule has 152 valence electrons. The lowest BCUT2D eigenvalue weighted by Gasteiger charge is -2.40. The largest absolute Gasteiger partial charge is 0.386 e. The van der Waals surface area contributed by atoms with Gasteiger partial charge in [0.05, 0.1) is 21.2 Å². The van der Waals surface area contributed by atoms with Crippen molar-refractivity contribution in [3.8, 4) is 0 Å². The van der Waals surface area contributed by atoms with Gasteiger partial charge in [-0.2, -0.15) is 4.31 Å². The summed E-state index contributed by atoms with van der Waals surface area (Å²) in [6.07, 6.45) is 0. The van der Waals surface area contributed by atoms with Crippen LogP contribution in [0, 0.1) is 5.82 Å². The molecule has 0 unspecified atom stereocenters. The number of aliphatic hydroxyl groups is 1. The van der Waals surface area contributed by atoms with Crippen LogP contribution in [0.3, 0.4) is 0 Å². The first kappa shape index (κ1) is 21.0. The maximum Gasteiger partial charge on any atom is 0.243 e. The van der Waals surface area contributed by atoms with Gasteiger partial charge in [0.1, 0.15) is 5.82 Å². The maximum atomic E-state index is 13.3. The Labute approximate surface area is 170 Å². The molecule has 0 radical (unpaired) electrons. The molecule has 1 N–H and O–H groups in total. The van der Waals surface area contributed by atoms with Crippen molar-refractivity contribution in [2.45, 2.75) is 37.3 Å². The first-order valence-electron chi connectivity index (χ1n) is 9.05. The average Bonchev–Trinajstić information content (AvgIpc) is 2.61. The molecule has 1 saturated heterocycles. The Balaban J connectivity index is 1.79. The molecule has 1 heterocycles. The van der Waals surface area contributed by atoms with Gasteiger partial charge in [-0.05, 0) is 56.7 Å². The fourth-order valence-electron chi connectivity index (χ4n) is 3.42. The zero-order valence-corrected chi connectivity index (χ0v) is 17.6. The van der Waals surface area contributed by atoms with E-state index >= 15 is 0 Å². The van der Waals surface area contributed by atoms with Gasteiger partial charge >= 0.3 is 0 Å². The van der Waals surface area contributed by atoms with Crippen molar-refractivity contribution in [3.63, 3.8) is 0 Å². The van der Waals surface area contributed by atoms with Crippen LogP contribution in [0.15, 0.2) is 47.4 Å². The Morgan fingerprint density at radius 3 is 2.32 bits per heavy atom. The van der Waals surface area contributed by atoms with Crippen LogP contribution < -0.4 is 4.90 Å². The lowest BCUT2D eigenvalue weighted by Crippen LogP contribution is -2.54. The van der Waals surface area contributed by atoms with Crippen LogP contribution >= 0.6 is 11.6 Å². The van der Waals surface area contributed by atoms with Crippen molar-refractivity contribution < 1.29 is 17.9 Å². The summed E-state index contributed by atoms with van der Waals surface area (Å²) in [5.41, 5.74) is 0.312. The number of benzene rings is 2. The molecule has 8 heteroatoms. The number of hydrogen-bond acceptors (Lipinski definition) is 4. The zero-order chi connectivity index (χ0) is 20.7. The van der Waals surface area contributed by atoms with E-state index in [1.165, 1.54) is 28.6 Å². The highest BCUT2D eigenvalue weighted by Gasteiger charge is 2.34. The van der Waals surface area contributed by atoms with E-state index in [0.717, 1.165) is 0 Å². The predicted octanol–water partition coefficient (Wildman–Crippen LogP) is 3.61. The SMILES string of the molecule is C[C@@H]1CN(c2ccc(F)cc2Cl)CCN1S(=O)(=O)c1ccc(C(C)(C)O)cc1. The van der Waals surface area contributed by atoms with E-state index in [1.807, 2.05) is 11.8 Å². The molecule has 0 saturated carbocycles. The van der Waals surface area contributed by atoms with Gasteiger partial charge in [0.2, 0.25) is 10.0 Å². The molecule has 0 aliphatic carbocycles. The number of sulfonamides is 1. The minimum absolute atomic E-state index is 0.195. The third kappa shape index (κ3) is 4.17. The Bertz CT molecular complexity index is 958. The van der Waals surface area contributed by atoms with Crippen molar-refractivity contribution in [2.24, 2.45) is 0 Å². The van der Waals surface area contributed by atoms with E-state index in [1.54, 1.807) is 32.0 Å². The summed E-state index contributed by atoms with van der Waals surface area (Å²) >= 11 is 6.15. The summed E-state index contributed by atoms with van der Waals surface area (Å²) in [5.74, 6) is -0.405. The van der Waals surface area contributed by atoms with Gasteiger partial charge < -0.3 is 10.0 Å². The van der Waals surface area contributed by atoms with Crippen LogP contribution in [0.1, 0.15) is 26.3 Å². The highest BCUT2D eigenvalue weighted by atomic mass is 35.5. The molecular formula is C20H24ClFN2O3S. The van der Waals surface area contributed by atoms with Gasteiger partial charge in [0, 0.05) is 25.7 Å². The quantitative estimate of drug-likeness (QED) is 0.811. The lowest BCUT2D eigenvalue weighted by molar-refractivity contribution is 0.0785. The molecular weight excluding hydrogens is 403 g/mol. The average molecular weight is 427 g/mol. The summed E-state index contributed by atoms with van der Waals surface area (Å²) in [6, 6.07) is 10.3. The van der Waals surface area contributed by atoms with Crippen LogP contribution in [0.5, 0.6) is 0 Å². The molecule has 1 aliphatic heterocycles. The van der Waals surface area contributed by atoms with Crippen molar-refractivity contribution >= 4 is 27.3 Å². The van der Waals surface area contributed by atoms with Gasteiger partial charge in [0.15, 0.2) is 0 Å². The molecule has 0 spiro atoms. The van der Waals surface area contributed by atoms with Gasteiger partial charge in [-0.25, -0.2) is 12.8 Å². The topological polar surface area (TPSA) is 60.9 Å². The minimum Gasteiger partial charge on any atom is -0.386 e. The summed E-state index contributed by atoms with van der Waals surface area (Å²) in [5, 5.41) is 10.4. The van der Waals surface area contributed by atoms with Gasteiger partial charge in [-0.3, -0.25) is 0 Å². The van der Waals surface area contributed by atoms with Crippen LogP contribution in [0.25, 0.3) is 0 Å². The Hall–Kier alpha value is -1.67. The second-order valence-electron chi connectivity index (χ2n) is 7.59. The highest BCUT2D eigenvalue weighted by molar-refractivity contribution is 7.89. The second kappa shape index (κ2) is 7.63. The molecule has 3 rings (SSSR count). The van der Waals surface area contributed by atoms with Crippen LogP contribution in [0.2, 0.25) is 5.02 Å². The Kier molecular flexibility index (Phi) is 5.74. The predicted molar refractivity (Wildman–Crippen MR) is 109 cm³/mol. The molecule has 1 fully saturated rings. The summed E-state index contributed by atoms with van der Waals surface area (Å²) in [4.78, 5) is 2.16. The first-order chi connectivity index (χ1) is 13.0. The molecule has 1 atom stereocenters. The molecule has 0 bridgehead atoms. The number of rotatable bonds is 4. The molecule has 1 aliphatic rings. The molecule has 2 aromatic carbocycles. The van der Waals surface area contributed by atoms with Crippen LogP contribution in [-0.4, -0.2) is 43.5 Å². The van der Waals surface area contributed by atoms with Gasteiger partial charge in [-0.15, -0.1) is 0 Å². The third-order valence-corrected chi connectivity index (χ3v) is 7.31. The fraction of sp³-hybridized carbons (Fsp3) is 0.400. The van der Waals surface area contributed by atoms with Gasteiger partial charge in [0.25, 0.3) is 0 Å². The number of piperazine rings is 1. The standard InChI is InChI=1S/C20H24ClFN2O3S/c1-14-13-23(19-9-6-16(22)12-18(19)21)10-11-24(14)28(26,27)17-7-4-15(5-8-17)20(2,3)25/h4-9,12,14,25H,10-11,13H2,1-3H3/t14-/m1/s1. The molecule has 2 aromatic rings. The van der Waals surface area contributed by atoms with E-state index in [-0.39, 0.29) is 10.9 Å². The first-order valence-corrected chi connectivity index (χ1v) is 10.9. The summed E-state index contributed by atoms with van der Waals surface area (Å²) in [7, 11) is -3.66. The minimum atomic E-state index is -3.66. The maximum absolute atomic E-state index is 13.3. The normalized spacial score (nSPS) is 19.1. The van der Waals surface area contributed by atoms with E-state index < -0.39 is 21.4 Å². The van der Waals surface area contributed by atoms with Crippen molar-refractivity contribution in [3.05, 3.63) is 58.9 Å². The highest BCUT2D eigenvalue weighted by Crippen LogP contribution is 2.30. The van der Waals surface area contributed by atoms with Crippen molar-refractivity contribution in [1.29, 1.82) is 0 Å². The fourth-order valence-corrected chi connectivity index (χ4v) is 5.32. The van der Waals surface area contributed by atoms with E-state index in [4.69, 9.17) is 11.6 Å². The van der Waals surface area contributed by atoms with E-state index in [9.17, 15) is 17.9 Å². The summed E-state index contributed by atoms with van der Waals surface area (Å²) in [6.45, 7) is 6.34. The van der Waals surface area contributed by atoms with Crippen LogP contribution in [0.4, 0.5) is 10.1 Å². The van der Waals surface area contributed by atoms with Crippen LogP contribution in [-0.2, 0) is 15.6 Å². The summed E-state index contributed by atoms with van der Waals surface area (Å²) < 4.78 is 40.9.